The molecule has 10 heteroatoms. The number of ether oxygens (including phenoxy) is 6. The minimum absolute atomic E-state index is 0.160. The number of hydrogen-bond acceptors (Lipinski definition) is 9. The van der Waals surface area contributed by atoms with Crippen LogP contribution in [-0.4, -0.2) is 44.7 Å². The average molecular weight is 580 g/mol. The normalized spacial score (nSPS) is 11.5. The lowest BCUT2D eigenvalue weighted by atomic mass is 10.1. The van der Waals surface area contributed by atoms with Crippen molar-refractivity contribution >= 4 is 23.2 Å². The van der Waals surface area contributed by atoms with E-state index in [2.05, 4.69) is 15.3 Å². The fourth-order valence-electron chi connectivity index (χ4n) is 4.00. The van der Waals surface area contributed by atoms with Gasteiger partial charge in [0.1, 0.15) is 19.1 Å². The van der Waals surface area contributed by atoms with E-state index < -0.39 is 0 Å². The van der Waals surface area contributed by atoms with E-state index in [1.54, 1.807) is 14.2 Å². The standard InChI is InChI=1S/C31H34ClN3O6/c1-21-25(32)11-8-12-26(21)33-31-34-29(39-18-17-27(41-20-36-2)23-9-6-5-7-10-23)28(38-4)30(35-31)40-19-22-13-15-24(37-3)16-14-22/h5-16,27H,17-20H2,1-4H3,(H,33,34,35). The Morgan fingerprint density at radius 2 is 1.56 bits per heavy atom. The molecule has 0 radical (unpaired) electrons. The van der Waals surface area contributed by atoms with E-state index in [1.165, 1.54) is 7.11 Å². The van der Waals surface area contributed by atoms with Gasteiger partial charge < -0.3 is 33.7 Å². The molecule has 1 atom stereocenters. The second-order valence-corrected chi connectivity index (χ2v) is 9.38. The number of nitrogens with zero attached hydrogens (tertiary/aromatic N) is 2. The quantitative estimate of drug-likeness (QED) is 0.151. The van der Waals surface area contributed by atoms with E-state index in [0.29, 0.717) is 11.4 Å². The lowest BCUT2D eigenvalue weighted by molar-refractivity contribution is -0.0787. The first-order chi connectivity index (χ1) is 20.0. The van der Waals surface area contributed by atoms with Crippen LogP contribution in [0.25, 0.3) is 0 Å². The molecule has 0 bridgehead atoms. The maximum Gasteiger partial charge on any atom is 0.266 e. The van der Waals surface area contributed by atoms with Crippen molar-refractivity contribution < 1.29 is 28.4 Å². The lowest BCUT2D eigenvalue weighted by Crippen LogP contribution is -2.13. The molecule has 0 amide bonds. The van der Waals surface area contributed by atoms with Crippen LogP contribution in [0.4, 0.5) is 11.6 Å². The van der Waals surface area contributed by atoms with Crippen molar-refractivity contribution in [2.75, 3.05) is 40.0 Å². The summed E-state index contributed by atoms with van der Waals surface area (Å²) in [6.07, 6.45) is 0.306. The van der Waals surface area contributed by atoms with E-state index in [-0.39, 0.29) is 49.6 Å². The van der Waals surface area contributed by atoms with Gasteiger partial charge in [-0.3, -0.25) is 0 Å². The third-order valence-corrected chi connectivity index (χ3v) is 6.64. The van der Waals surface area contributed by atoms with Gasteiger partial charge >= 0.3 is 0 Å². The van der Waals surface area contributed by atoms with E-state index in [9.17, 15) is 0 Å². The molecular weight excluding hydrogens is 546 g/mol. The SMILES string of the molecule is COCOC(CCOc1nc(Nc2cccc(Cl)c2C)nc(OCc2ccc(OC)cc2)c1OC)c1ccccc1. The highest BCUT2D eigenvalue weighted by molar-refractivity contribution is 6.31. The fourth-order valence-corrected chi connectivity index (χ4v) is 4.17. The highest BCUT2D eigenvalue weighted by Gasteiger charge is 2.21. The van der Waals surface area contributed by atoms with Crippen LogP contribution in [-0.2, 0) is 16.1 Å². The highest BCUT2D eigenvalue weighted by Crippen LogP contribution is 2.37. The summed E-state index contributed by atoms with van der Waals surface area (Å²) in [5, 5.41) is 3.86. The number of aromatic nitrogens is 2. The first-order valence-electron chi connectivity index (χ1n) is 13.0. The Morgan fingerprint density at radius 1 is 0.829 bits per heavy atom. The summed E-state index contributed by atoms with van der Waals surface area (Å²) < 4.78 is 34.2. The van der Waals surface area contributed by atoms with Crippen LogP contribution in [0, 0.1) is 6.92 Å². The summed E-state index contributed by atoms with van der Waals surface area (Å²) in [4.78, 5) is 9.20. The maximum atomic E-state index is 6.33. The number of nitrogens with one attached hydrogen (secondary N) is 1. The number of methoxy groups -OCH3 is 3. The molecule has 0 spiro atoms. The predicted molar refractivity (Wildman–Crippen MR) is 158 cm³/mol. The molecule has 0 aliphatic rings. The van der Waals surface area contributed by atoms with Gasteiger partial charge in [0.2, 0.25) is 11.7 Å². The van der Waals surface area contributed by atoms with Gasteiger partial charge in [-0.1, -0.05) is 60.1 Å². The van der Waals surface area contributed by atoms with Gasteiger partial charge in [-0.25, -0.2) is 0 Å². The molecule has 41 heavy (non-hydrogen) atoms. The van der Waals surface area contributed by atoms with E-state index in [1.807, 2.05) is 79.7 Å². The Kier molecular flexibility index (Phi) is 11.0. The van der Waals surface area contributed by atoms with Crippen LogP contribution in [0.5, 0.6) is 23.3 Å². The third-order valence-electron chi connectivity index (χ3n) is 6.23. The number of hydrogen-bond donors (Lipinski definition) is 1. The van der Waals surface area contributed by atoms with Crippen LogP contribution in [0.2, 0.25) is 5.02 Å². The number of rotatable bonds is 15. The van der Waals surface area contributed by atoms with Gasteiger partial charge in [-0.05, 0) is 47.9 Å². The van der Waals surface area contributed by atoms with E-state index in [0.717, 1.165) is 28.1 Å². The molecule has 1 aromatic heterocycles. The van der Waals surface area contributed by atoms with Crippen LogP contribution in [0.1, 0.15) is 29.2 Å². The fraction of sp³-hybridized carbons (Fsp3) is 0.290. The Hall–Kier alpha value is -4.05. The summed E-state index contributed by atoms with van der Waals surface area (Å²) in [6.45, 7) is 2.60. The number of halogens is 1. The van der Waals surface area contributed by atoms with Crippen molar-refractivity contribution in [3.05, 3.63) is 94.5 Å². The Bertz CT molecular complexity index is 1390. The summed E-state index contributed by atoms with van der Waals surface area (Å²) in [5.74, 6) is 1.77. The predicted octanol–water partition coefficient (Wildman–Crippen LogP) is 6.91. The first kappa shape index (κ1) is 29.9. The minimum Gasteiger partial charge on any atom is -0.497 e. The second-order valence-electron chi connectivity index (χ2n) is 8.97. The van der Waals surface area contributed by atoms with E-state index in [4.69, 9.17) is 40.0 Å². The zero-order valence-corrected chi connectivity index (χ0v) is 24.3. The van der Waals surface area contributed by atoms with Gasteiger partial charge in [0.25, 0.3) is 11.8 Å². The third kappa shape index (κ3) is 8.23. The van der Waals surface area contributed by atoms with Gasteiger partial charge in [-0.2, -0.15) is 9.97 Å². The molecule has 216 valence electrons. The largest absolute Gasteiger partial charge is 0.497 e. The van der Waals surface area contributed by atoms with E-state index >= 15 is 0 Å². The van der Waals surface area contributed by atoms with Gasteiger partial charge in [0.15, 0.2) is 0 Å². The molecule has 1 N–H and O–H groups in total. The molecule has 3 aromatic carbocycles. The molecule has 1 unspecified atom stereocenters. The highest BCUT2D eigenvalue weighted by atomic mass is 35.5. The Labute approximate surface area is 245 Å². The summed E-state index contributed by atoms with van der Waals surface area (Å²) in [6, 6.07) is 23.1. The van der Waals surface area contributed by atoms with Crippen molar-refractivity contribution in [1.82, 2.24) is 9.97 Å². The molecule has 0 saturated heterocycles. The van der Waals surface area contributed by atoms with Crippen molar-refractivity contribution in [1.29, 1.82) is 0 Å². The molecule has 4 rings (SSSR count). The summed E-state index contributed by atoms with van der Waals surface area (Å²) >= 11 is 6.33. The van der Waals surface area contributed by atoms with Crippen molar-refractivity contribution in [2.24, 2.45) is 0 Å². The van der Waals surface area contributed by atoms with Crippen LogP contribution in [0.15, 0.2) is 72.8 Å². The lowest BCUT2D eigenvalue weighted by Gasteiger charge is -2.19. The monoisotopic (exact) mass is 579 g/mol. The molecule has 9 nitrogen and oxygen atoms in total. The molecule has 0 fully saturated rings. The summed E-state index contributed by atoms with van der Waals surface area (Å²) in [5.41, 5.74) is 3.56. The minimum atomic E-state index is -0.235. The zero-order chi connectivity index (χ0) is 29.0. The van der Waals surface area contributed by atoms with Gasteiger partial charge in [-0.15, -0.1) is 0 Å². The Morgan fingerprint density at radius 3 is 2.24 bits per heavy atom. The second kappa shape index (κ2) is 15.1. The number of benzene rings is 3. The summed E-state index contributed by atoms with van der Waals surface area (Å²) in [7, 11) is 4.74. The first-order valence-corrected chi connectivity index (χ1v) is 13.4. The van der Waals surface area contributed by atoms with Gasteiger partial charge in [0, 0.05) is 24.2 Å². The Balaban J connectivity index is 1.58. The van der Waals surface area contributed by atoms with Crippen molar-refractivity contribution in [3.8, 4) is 23.3 Å². The molecular formula is C31H34ClN3O6. The molecule has 4 aromatic rings. The number of anilines is 2. The molecule has 0 aliphatic heterocycles. The average Bonchev–Trinajstić information content (AvgIpc) is 3.00. The van der Waals surface area contributed by atoms with Crippen molar-refractivity contribution in [3.63, 3.8) is 0 Å². The maximum absolute atomic E-state index is 6.33. The topological polar surface area (TPSA) is 93.2 Å². The van der Waals surface area contributed by atoms with Crippen LogP contribution < -0.4 is 24.3 Å². The molecule has 1 heterocycles. The van der Waals surface area contributed by atoms with Crippen LogP contribution >= 0.6 is 11.6 Å². The molecule has 0 saturated carbocycles. The van der Waals surface area contributed by atoms with Crippen LogP contribution in [0.3, 0.4) is 0 Å². The van der Waals surface area contributed by atoms with Crippen molar-refractivity contribution in [2.45, 2.75) is 26.1 Å². The molecule has 0 aliphatic carbocycles. The van der Waals surface area contributed by atoms with Gasteiger partial charge in [0.05, 0.1) is 26.9 Å². The zero-order valence-electron chi connectivity index (χ0n) is 23.6. The smallest absolute Gasteiger partial charge is 0.266 e.